The lowest BCUT2D eigenvalue weighted by atomic mass is 9.93. The summed E-state index contributed by atoms with van der Waals surface area (Å²) in [4.78, 5) is 49.6. The Kier molecular flexibility index (Phi) is 11.9. The van der Waals surface area contributed by atoms with E-state index >= 15 is 0 Å². The highest BCUT2D eigenvalue weighted by atomic mass is 35.5. The molecule has 3 aliphatic rings. The lowest BCUT2D eigenvalue weighted by Gasteiger charge is -2.38. The Bertz CT molecular complexity index is 1830. The average molecular weight is 774 g/mol. The molecule has 3 aromatic rings. The highest BCUT2D eigenvalue weighted by molar-refractivity contribution is 6.30. The number of piperidine rings is 2. The van der Waals surface area contributed by atoms with Gasteiger partial charge in [-0.15, -0.1) is 0 Å². The summed E-state index contributed by atoms with van der Waals surface area (Å²) in [5, 5.41) is 4.10. The van der Waals surface area contributed by atoms with E-state index in [1.54, 1.807) is 41.0 Å². The van der Waals surface area contributed by atoms with Gasteiger partial charge in [-0.25, -0.2) is 4.79 Å². The molecule has 15 heteroatoms. The monoisotopic (exact) mass is 772 g/mol. The Balaban J connectivity index is 1.28. The number of halogens is 5. The van der Waals surface area contributed by atoms with Crippen LogP contribution >= 0.6 is 23.2 Å². The highest BCUT2D eigenvalue weighted by Crippen LogP contribution is 2.46. The Labute approximate surface area is 316 Å². The lowest BCUT2D eigenvalue weighted by Crippen LogP contribution is -2.53. The maximum atomic E-state index is 14.8. The van der Waals surface area contributed by atoms with Crippen LogP contribution in [0, 0.1) is 5.92 Å². The van der Waals surface area contributed by atoms with Crippen molar-refractivity contribution in [3.63, 3.8) is 0 Å². The number of benzene rings is 3. The van der Waals surface area contributed by atoms with Gasteiger partial charge in [-0.1, -0.05) is 47.5 Å². The van der Waals surface area contributed by atoms with E-state index in [0.29, 0.717) is 67.5 Å². The molecule has 2 saturated heterocycles. The first-order valence-corrected chi connectivity index (χ1v) is 18.4. The summed E-state index contributed by atoms with van der Waals surface area (Å²) in [6, 6.07) is 15.4. The van der Waals surface area contributed by atoms with Crippen molar-refractivity contribution in [3.8, 4) is 5.75 Å². The molecule has 3 heterocycles. The van der Waals surface area contributed by atoms with Gasteiger partial charge in [0.25, 0.3) is 0 Å². The van der Waals surface area contributed by atoms with Gasteiger partial charge in [0.2, 0.25) is 11.8 Å². The summed E-state index contributed by atoms with van der Waals surface area (Å²) < 4.78 is 47.3. The van der Waals surface area contributed by atoms with Gasteiger partial charge in [0.05, 0.1) is 30.3 Å². The van der Waals surface area contributed by atoms with Crippen molar-refractivity contribution in [3.05, 3.63) is 99.0 Å². The van der Waals surface area contributed by atoms with Crippen LogP contribution in [-0.2, 0) is 15.8 Å². The van der Waals surface area contributed by atoms with Crippen molar-refractivity contribution in [1.29, 1.82) is 0 Å². The van der Waals surface area contributed by atoms with Crippen molar-refractivity contribution in [2.75, 3.05) is 39.3 Å². The molecule has 0 saturated carbocycles. The predicted octanol–water partition coefficient (Wildman–Crippen LogP) is 6.85. The molecule has 2 unspecified atom stereocenters. The van der Waals surface area contributed by atoms with Gasteiger partial charge >= 0.3 is 12.2 Å². The number of hydrogen-bond acceptors (Lipinski definition) is 6. The number of amidine groups is 1. The Morgan fingerprint density at radius 2 is 1.49 bits per heavy atom. The smallest absolute Gasteiger partial charge is 0.416 e. The minimum absolute atomic E-state index is 0.0502. The molecule has 3 N–H and O–H groups in total. The van der Waals surface area contributed by atoms with Crippen molar-refractivity contribution in [2.45, 2.75) is 56.9 Å². The number of aliphatic imine (C=N–C) groups is 1. The van der Waals surface area contributed by atoms with Crippen LogP contribution in [0.1, 0.15) is 66.9 Å². The summed E-state index contributed by atoms with van der Waals surface area (Å²) >= 11 is 12.5. The van der Waals surface area contributed by atoms with Gasteiger partial charge in [0.1, 0.15) is 17.6 Å². The Morgan fingerprint density at radius 1 is 0.887 bits per heavy atom. The normalized spacial score (nSPS) is 20.3. The van der Waals surface area contributed by atoms with Crippen molar-refractivity contribution < 1.29 is 32.3 Å². The number of rotatable bonds is 9. The molecule has 0 radical (unpaired) electrons. The van der Waals surface area contributed by atoms with E-state index in [4.69, 9.17) is 38.7 Å². The van der Waals surface area contributed by atoms with Crippen LogP contribution in [0.5, 0.6) is 5.75 Å². The van der Waals surface area contributed by atoms with Crippen molar-refractivity contribution in [2.24, 2.45) is 16.6 Å². The van der Waals surface area contributed by atoms with Gasteiger partial charge in [-0.3, -0.25) is 24.4 Å². The van der Waals surface area contributed by atoms with Crippen molar-refractivity contribution in [1.82, 2.24) is 20.0 Å². The van der Waals surface area contributed by atoms with Gasteiger partial charge < -0.3 is 20.7 Å². The van der Waals surface area contributed by atoms with Crippen molar-refractivity contribution >= 4 is 46.9 Å². The van der Waals surface area contributed by atoms with E-state index in [0.717, 1.165) is 17.7 Å². The molecule has 282 valence electrons. The van der Waals surface area contributed by atoms with E-state index in [-0.39, 0.29) is 60.1 Å². The summed E-state index contributed by atoms with van der Waals surface area (Å²) in [6.45, 7) is 3.84. The SMILES string of the molecule is CCOc1cc(C(F)(F)F)ccc1C1=NC(c2ccc(Cl)cc2)C(c2ccc(Cl)cc2)N1C(=O)N1CCC(NC(=O)CN2CCC(C(N)=O)CC2)CC1. The second kappa shape index (κ2) is 16.4. The summed E-state index contributed by atoms with van der Waals surface area (Å²) in [5.41, 5.74) is 6.25. The molecule has 0 spiro atoms. The molecular formula is C38H41Cl2F3N6O4. The molecule has 0 aliphatic carbocycles. The maximum Gasteiger partial charge on any atom is 0.416 e. The lowest BCUT2D eigenvalue weighted by molar-refractivity contribution is -0.137. The standard InChI is InChI=1S/C38H41Cl2F3N6O4/c1-2-53-31-21-26(38(41,42)43)7-12-30(31)36-46-33(23-3-8-27(39)9-4-23)34(24-5-10-28(40)11-6-24)49(36)37(52)48-19-15-29(16-20-48)45-32(50)22-47-17-13-25(14-18-47)35(44)51/h3-12,21,25,29,33-34H,2,13-20,22H2,1H3,(H2,44,51)(H,45,50). The second-order valence-electron chi connectivity index (χ2n) is 13.5. The number of nitrogens with one attached hydrogen (secondary N) is 1. The number of hydrogen-bond donors (Lipinski definition) is 2. The zero-order chi connectivity index (χ0) is 37.9. The van der Waals surface area contributed by atoms with E-state index in [1.165, 1.54) is 6.07 Å². The fourth-order valence-electron chi connectivity index (χ4n) is 7.23. The largest absolute Gasteiger partial charge is 0.493 e. The number of alkyl halides is 3. The van der Waals surface area contributed by atoms with Crippen LogP contribution in [0.3, 0.4) is 0 Å². The summed E-state index contributed by atoms with van der Waals surface area (Å²) in [5.74, 6) is -0.478. The average Bonchev–Trinajstić information content (AvgIpc) is 3.52. The quantitative estimate of drug-likeness (QED) is 0.247. The number of carbonyl (C=O) groups is 3. The summed E-state index contributed by atoms with van der Waals surface area (Å²) in [7, 11) is 0. The van der Waals surface area contributed by atoms with E-state index < -0.39 is 23.8 Å². The van der Waals surface area contributed by atoms with Crippen LogP contribution in [0.15, 0.2) is 71.7 Å². The molecule has 3 aromatic carbocycles. The molecule has 6 rings (SSSR count). The third kappa shape index (κ3) is 8.90. The van der Waals surface area contributed by atoms with Gasteiger partial charge in [-0.05, 0) is 99.3 Å². The molecule has 0 aromatic heterocycles. The molecular weight excluding hydrogens is 732 g/mol. The minimum Gasteiger partial charge on any atom is -0.493 e. The van der Waals surface area contributed by atoms with E-state index in [1.807, 2.05) is 29.2 Å². The van der Waals surface area contributed by atoms with Crippen LogP contribution < -0.4 is 15.8 Å². The van der Waals surface area contributed by atoms with Gasteiger partial charge in [-0.2, -0.15) is 13.2 Å². The maximum absolute atomic E-state index is 14.8. The molecule has 0 bridgehead atoms. The van der Waals surface area contributed by atoms with Gasteiger partial charge in [0.15, 0.2) is 0 Å². The number of primary amides is 1. The van der Waals surface area contributed by atoms with Crippen LogP contribution in [-0.4, -0.2) is 83.8 Å². The molecule has 2 atom stereocenters. The number of carbonyl (C=O) groups excluding carboxylic acids is 3. The number of nitrogens with zero attached hydrogens (tertiary/aromatic N) is 4. The van der Waals surface area contributed by atoms with E-state index in [2.05, 4.69) is 5.32 Å². The third-order valence-corrected chi connectivity index (χ3v) is 10.5. The molecule has 53 heavy (non-hydrogen) atoms. The molecule has 10 nitrogen and oxygen atoms in total. The Hall–Kier alpha value is -4.33. The van der Waals surface area contributed by atoms with Crippen LogP contribution in [0.2, 0.25) is 10.0 Å². The fraction of sp³-hybridized carbons (Fsp3) is 0.421. The zero-order valence-electron chi connectivity index (χ0n) is 29.1. The van der Waals surface area contributed by atoms with Gasteiger partial charge in [0, 0.05) is 35.1 Å². The first kappa shape index (κ1) is 38.4. The molecule has 4 amide bonds. The second-order valence-corrected chi connectivity index (χ2v) is 14.4. The predicted molar refractivity (Wildman–Crippen MR) is 196 cm³/mol. The molecule has 2 fully saturated rings. The van der Waals surface area contributed by atoms with E-state index in [9.17, 15) is 27.6 Å². The fourth-order valence-corrected chi connectivity index (χ4v) is 7.48. The first-order valence-electron chi connectivity index (χ1n) is 17.6. The Morgan fingerprint density at radius 3 is 2.06 bits per heavy atom. The first-order chi connectivity index (χ1) is 25.3. The third-order valence-electron chi connectivity index (χ3n) is 10.0. The van der Waals surface area contributed by atoms with Crippen LogP contribution in [0.25, 0.3) is 0 Å². The number of likely N-dealkylation sites (tertiary alicyclic amines) is 2. The number of nitrogens with two attached hydrogens (primary N) is 1. The highest BCUT2D eigenvalue weighted by Gasteiger charge is 2.45. The summed E-state index contributed by atoms with van der Waals surface area (Å²) in [6.07, 6.45) is -2.37. The number of amides is 4. The zero-order valence-corrected chi connectivity index (χ0v) is 30.6. The molecule has 3 aliphatic heterocycles. The topological polar surface area (TPSA) is 121 Å². The van der Waals surface area contributed by atoms with Crippen LogP contribution in [0.4, 0.5) is 18.0 Å². The number of ether oxygens (including phenoxy) is 1. The number of urea groups is 1. The minimum atomic E-state index is -4.61.